The van der Waals surface area contributed by atoms with E-state index in [1.807, 2.05) is 11.3 Å². The van der Waals surface area contributed by atoms with Crippen molar-refractivity contribution in [3.8, 4) is 0 Å². The van der Waals surface area contributed by atoms with Crippen LogP contribution in [0.4, 0.5) is 0 Å². The molecule has 2 fully saturated rings. The molecular formula is C16H25BrN2S. The van der Waals surface area contributed by atoms with Crippen LogP contribution in [-0.4, -0.2) is 36.6 Å². The summed E-state index contributed by atoms with van der Waals surface area (Å²) in [4.78, 5) is 4.31. The van der Waals surface area contributed by atoms with E-state index in [-0.39, 0.29) is 0 Å². The Bertz CT molecular complexity index is 433. The molecule has 3 rings (SSSR count). The van der Waals surface area contributed by atoms with E-state index >= 15 is 0 Å². The van der Waals surface area contributed by atoms with Gasteiger partial charge in [-0.25, -0.2) is 0 Å². The fourth-order valence-electron chi connectivity index (χ4n) is 4.26. The van der Waals surface area contributed by atoms with Crippen LogP contribution >= 0.6 is 27.3 Å². The Labute approximate surface area is 135 Å². The molecule has 1 atom stereocenters. The second-order valence-electron chi connectivity index (χ2n) is 6.28. The zero-order valence-electron chi connectivity index (χ0n) is 12.3. The lowest BCUT2D eigenvalue weighted by Crippen LogP contribution is -2.59. The maximum absolute atomic E-state index is 3.67. The molecule has 0 bridgehead atoms. The van der Waals surface area contributed by atoms with Gasteiger partial charge in [-0.15, -0.1) is 11.3 Å². The quantitative estimate of drug-likeness (QED) is 0.855. The Morgan fingerprint density at radius 3 is 2.55 bits per heavy atom. The SMILES string of the molecule is CNC(Cc1cc(Br)cs1)C1(N2CCCC2)CCCC1. The number of hydrogen-bond donors (Lipinski definition) is 1. The van der Waals surface area contributed by atoms with Gasteiger partial charge >= 0.3 is 0 Å². The molecule has 0 spiro atoms. The summed E-state index contributed by atoms with van der Waals surface area (Å²) in [7, 11) is 2.16. The first-order chi connectivity index (χ1) is 9.74. The summed E-state index contributed by atoms with van der Waals surface area (Å²) in [6, 6.07) is 2.88. The molecule has 1 aliphatic heterocycles. The third-order valence-electron chi connectivity index (χ3n) is 5.23. The number of thiophene rings is 1. The number of hydrogen-bond acceptors (Lipinski definition) is 3. The molecular weight excluding hydrogens is 332 g/mol. The molecule has 20 heavy (non-hydrogen) atoms. The van der Waals surface area contributed by atoms with Crippen LogP contribution in [0.1, 0.15) is 43.4 Å². The summed E-state index contributed by atoms with van der Waals surface area (Å²) in [6.45, 7) is 2.62. The molecule has 1 aliphatic carbocycles. The van der Waals surface area contributed by atoms with Crippen LogP contribution < -0.4 is 5.32 Å². The molecule has 1 unspecified atom stereocenters. The number of likely N-dealkylation sites (tertiary alicyclic amines) is 1. The van der Waals surface area contributed by atoms with Crippen LogP contribution in [0.25, 0.3) is 0 Å². The molecule has 112 valence electrons. The van der Waals surface area contributed by atoms with E-state index in [4.69, 9.17) is 0 Å². The summed E-state index contributed by atoms with van der Waals surface area (Å²) >= 11 is 5.47. The van der Waals surface area contributed by atoms with Crippen LogP contribution in [0.3, 0.4) is 0 Å². The van der Waals surface area contributed by atoms with Crippen molar-refractivity contribution in [2.24, 2.45) is 0 Å². The average molecular weight is 357 g/mol. The lowest BCUT2D eigenvalue weighted by molar-refractivity contribution is 0.0801. The first-order valence-electron chi connectivity index (χ1n) is 7.90. The Morgan fingerprint density at radius 2 is 2.00 bits per heavy atom. The van der Waals surface area contributed by atoms with Crippen LogP contribution in [0.15, 0.2) is 15.9 Å². The number of nitrogens with one attached hydrogen (secondary N) is 1. The summed E-state index contributed by atoms with van der Waals surface area (Å²) in [5, 5.41) is 5.88. The highest BCUT2D eigenvalue weighted by atomic mass is 79.9. The first kappa shape index (κ1) is 15.0. The molecule has 0 radical (unpaired) electrons. The van der Waals surface area contributed by atoms with Crippen LogP contribution in [0.5, 0.6) is 0 Å². The van der Waals surface area contributed by atoms with Gasteiger partial charge in [0.25, 0.3) is 0 Å². The van der Waals surface area contributed by atoms with Gasteiger partial charge in [0.1, 0.15) is 0 Å². The number of nitrogens with zero attached hydrogens (tertiary/aromatic N) is 1. The van der Waals surface area contributed by atoms with E-state index in [1.54, 1.807) is 0 Å². The fourth-order valence-corrected chi connectivity index (χ4v) is 5.76. The van der Waals surface area contributed by atoms with E-state index in [1.165, 1.54) is 67.4 Å². The monoisotopic (exact) mass is 356 g/mol. The molecule has 1 aromatic heterocycles. The fraction of sp³-hybridized carbons (Fsp3) is 0.750. The maximum atomic E-state index is 3.67. The van der Waals surface area contributed by atoms with Crippen molar-refractivity contribution in [1.29, 1.82) is 0 Å². The molecule has 0 aromatic carbocycles. The zero-order chi connectivity index (χ0) is 14.0. The van der Waals surface area contributed by atoms with Crippen molar-refractivity contribution in [3.05, 3.63) is 20.8 Å². The van der Waals surface area contributed by atoms with Crippen molar-refractivity contribution < 1.29 is 0 Å². The summed E-state index contributed by atoms with van der Waals surface area (Å²) in [5.41, 5.74) is 0.418. The lowest BCUT2D eigenvalue weighted by Gasteiger charge is -2.45. The molecule has 1 saturated carbocycles. The van der Waals surface area contributed by atoms with Gasteiger partial charge in [-0.05, 0) is 74.2 Å². The largest absolute Gasteiger partial charge is 0.315 e. The van der Waals surface area contributed by atoms with Crippen LogP contribution in [-0.2, 0) is 6.42 Å². The molecule has 0 amide bonds. The second kappa shape index (κ2) is 6.47. The molecule has 1 saturated heterocycles. The van der Waals surface area contributed by atoms with Gasteiger partial charge in [0, 0.05) is 26.3 Å². The third kappa shape index (κ3) is 2.85. The van der Waals surface area contributed by atoms with Crippen molar-refractivity contribution in [1.82, 2.24) is 10.2 Å². The highest BCUT2D eigenvalue weighted by Gasteiger charge is 2.45. The Hall–Kier alpha value is 0.1000. The zero-order valence-corrected chi connectivity index (χ0v) is 14.7. The van der Waals surface area contributed by atoms with Crippen molar-refractivity contribution in [2.45, 2.75) is 56.5 Å². The van der Waals surface area contributed by atoms with Gasteiger partial charge in [-0.2, -0.15) is 0 Å². The van der Waals surface area contributed by atoms with E-state index in [0.29, 0.717) is 11.6 Å². The Kier molecular flexibility index (Phi) is 4.86. The summed E-state index contributed by atoms with van der Waals surface area (Å²) in [5.74, 6) is 0. The highest BCUT2D eigenvalue weighted by Crippen LogP contribution is 2.41. The second-order valence-corrected chi connectivity index (χ2v) is 8.19. The number of halogens is 1. The number of rotatable bonds is 5. The third-order valence-corrected chi connectivity index (χ3v) is 6.95. The van der Waals surface area contributed by atoms with Crippen molar-refractivity contribution in [2.75, 3.05) is 20.1 Å². The van der Waals surface area contributed by atoms with Gasteiger partial charge in [0.05, 0.1) is 0 Å². The molecule has 2 nitrogen and oxygen atoms in total. The predicted molar refractivity (Wildman–Crippen MR) is 90.6 cm³/mol. The van der Waals surface area contributed by atoms with Gasteiger partial charge in [0.2, 0.25) is 0 Å². The van der Waals surface area contributed by atoms with E-state index in [0.717, 1.165) is 0 Å². The van der Waals surface area contributed by atoms with Gasteiger partial charge in [-0.3, -0.25) is 4.90 Å². The van der Waals surface area contributed by atoms with E-state index < -0.39 is 0 Å². The summed E-state index contributed by atoms with van der Waals surface area (Å²) in [6.07, 6.45) is 9.52. The molecule has 1 aromatic rings. The smallest absolute Gasteiger partial charge is 0.0365 e. The summed E-state index contributed by atoms with van der Waals surface area (Å²) < 4.78 is 1.23. The average Bonchev–Trinajstić information content (AvgIpc) is 3.17. The standard InChI is InChI=1S/C16H25BrN2S/c1-18-15(11-14-10-13(17)12-20-14)16(6-2-3-7-16)19-8-4-5-9-19/h10,12,15,18H,2-9,11H2,1H3. The minimum Gasteiger partial charge on any atom is -0.315 e. The predicted octanol–water partition coefficient (Wildman–Crippen LogP) is 4.05. The van der Waals surface area contributed by atoms with Crippen LogP contribution in [0, 0.1) is 0 Å². The number of likely N-dealkylation sites (N-methyl/N-ethyl adjacent to an activating group) is 1. The minimum absolute atomic E-state index is 0.418. The van der Waals surface area contributed by atoms with Gasteiger partial charge < -0.3 is 5.32 Å². The van der Waals surface area contributed by atoms with Gasteiger partial charge in [-0.1, -0.05) is 12.8 Å². The minimum atomic E-state index is 0.418. The molecule has 2 aliphatic rings. The Morgan fingerprint density at radius 1 is 1.30 bits per heavy atom. The molecule has 2 heterocycles. The van der Waals surface area contributed by atoms with Crippen molar-refractivity contribution in [3.63, 3.8) is 0 Å². The van der Waals surface area contributed by atoms with Crippen molar-refractivity contribution >= 4 is 27.3 Å². The van der Waals surface area contributed by atoms with E-state index in [9.17, 15) is 0 Å². The van der Waals surface area contributed by atoms with Gasteiger partial charge in [0.15, 0.2) is 0 Å². The first-order valence-corrected chi connectivity index (χ1v) is 9.57. The van der Waals surface area contributed by atoms with Crippen LogP contribution in [0.2, 0.25) is 0 Å². The normalized spacial score (nSPS) is 24.3. The topological polar surface area (TPSA) is 15.3 Å². The maximum Gasteiger partial charge on any atom is 0.0365 e. The highest BCUT2D eigenvalue weighted by molar-refractivity contribution is 9.10. The molecule has 1 N–H and O–H groups in total. The lowest BCUT2D eigenvalue weighted by atomic mass is 9.84. The Balaban J connectivity index is 1.80. The molecule has 4 heteroatoms. The van der Waals surface area contributed by atoms with E-state index in [2.05, 4.69) is 44.6 Å².